The third kappa shape index (κ3) is 1.67. The summed E-state index contributed by atoms with van der Waals surface area (Å²) in [6, 6.07) is 0. The summed E-state index contributed by atoms with van der Waals surface area (Å²) in [5.41, 5.74) is -0.984. The molecule has 3 heterocycles. The standard InChI is InChI=1S/C12H19PS2/c1-2-8-13(7-1,14-9-3-4-10-14)15-11-5-6-12-15/h3-6,9-15H,1-2,7-8H2. The maximum atomic E-state index is 2.54. The zero-order valence-corrected chi connectivity index (χ0v) is 11.6. The zero-order valence-electron chi connectivity index (χ0n) is 8.84. The molecule has 3 aliphatic heterocycles. The van der Waals surface area contributed by atoms with Crippen LogP contribution in [-0.2, 0) is 0 Å². The summed E-state index contributed by atoms with van der Waals surface area (Å²) < 4.78 is 0. The normalized spacial score (nSPS) is 33.1. The van der Waals surface area contributed by atoms with Gasteiger partial charge in [0.2, 0.25) is 0 Å². The number of rotatable bonds is 2. The minimum atomic E-state index is -0.984. The van der Waals surface area contributed by atoms with Crippen LogP contribution < -0.4 is 0 Å². The van der Waals surface area contributed by atoms with E-state index in [1.807, 2.05) is 0 Å². The van der Waals surface area contributed by atoms with E-state index < -0.39 is 5.67 Å². The monoisotopic (exact) mass is 258 g/mol. The summed E-state index contributed by atoms with van der Waals surface area (Å²) in [5, 5.41) is 10.1. The molecule has 0 unspecified atom stereocenters. The molecular formula is C12H19PS2. The van der Waals surface area contributed by atoms with Crippen molar-refractivity contribution in [3.63, 3.8) is 0 Å². The van der Waals surface area contributed by atoms with Crippen molar-refractivity contribution in [1.82, 2.24) is 0 Å². The van der Waals surface area contributed by atoms with E-state index in [0.717, 1.165) is 0 Å². The van der Waals surface area contributed by atoms with Gasteiger partial charge in [-0.2, -0.15) is 0 Å². The van der Waals surface area contributed by atoms with E-state index in [1.54, 1.807) is 12.3 Å². The van der Waals surface area contributed by atoms with Gasteiger partial charge in [0.05, 0.1) is 0 Å². The zero-order chi connectivity index (χ0) is 10.1. The van der Waals surface area contributed by atoms with Crippen LogP contribution in [0.1, 0.15) is 12.8 Å². The number of hydrogen-bond donors (Lipinski definition) is 2. The van der Waals surface area contributed by atoms with Gasteiger partial charge in [0, 0.05) is 0 Å². The molecule has 0 amide bonds. The van der Waals surface area contributed by atoms with Crippen molar-refractivity contribution in [3.05, 3.63) is 45.9 Å². The molecule has 15 heavy (non-hydrogen) atoms. The van der Waals surface area contributed by atoms with Gasteiger partial charge in [-0.3, -0.25) is 0 Å². The average molecular weight is 258 g/mol. The second-order valence-corrected chi connectivity index (χ2v) is 19.4. The van der Waals surface area contributed by atoms with Gasteiger partial charge in [-0.1, -0.05) is 0 Å². The molecule has 0 atom stereocenters. The first-order valence-electron chi connectivity index (χ1n) is 5.69. The summed E-state index contributed by atoms with van der Waals surface area (Å²) in [5.74, 6) is 0. The maximum absolute atomic E-state index is 2.54. The van der Waals surface area contributed by atoms with Crippen LogP contribution in [0, 0.1) is 0 Å². The molecule has 0 spiro atoms. The average Bonchev–Trinajstić information content (AvgIpc) is 3.02. The predicted octanol–water partition coefficient (Wildman–Crippen LogP) is 4.44. The third-order valence-electron chi connectivity index (χ3n) is 3.57. The summed E-state index contributed by atoms with van der Waals surface area (Å²) in [4.78, 5) is 0. The van der Waals surface area contributed by atoms with Crippen molar-refractivity contribution < 1.29 is 0 Å². The molecule has 1 fully saturated rings. The van der Waals surface area contributed by atoms with E-state index >= 15 is 0 Å². The van der Waals surface area contributed by atoms with Crippen LogP contribution in [0.4, 0.5) is 0 Å². The summed E-state index contributed by atoms with van der Waals surface area (Å²) in [7, 11) is 0.325. The fourth-order valence-corrected chi connectivity index (χ4v) is 23.4. The van der Waals surface area contributed by atoms with Crippen molar-refractivity contribution in [2.45, 2.75) is 12.8 Å². The Morgan fingerprint density at radius 2 is 1.07 bits per heavy atom. The Morgan fingerprint density at radius 1 is 0.667 bits per heavy atom. The van der Waals surface area contributed by atoms with E-state index in [-0.39, 0.29) is 21.0 Å². The third-order valence-corrected chi connectivity index (χ3v) is 24.2. The van der Waals surface area contributed by atoms with E-state index in [2.05, 4.69) is 45.9 Å². The van der Waals surface area contributed by atoms with E-state index in [9.17, 15) is 0 Å². The quantitative estimate of drug-likeness (QED) is 0.531. The van der Waals surface area contributed by atoms with Crippen LogP contribution >= 0.6 is 26.7 Å². The van der Waals surface area contributed by atoms with Crippen LogP contribution in [0.5, 0.6) is 0 Å². The molecule has 0 aromatic heterocycles. The Hall–Kier alpha value is 0.0900. The van der Waals surface area contributed by atoms with Gasteiger partial charge >= 0.3 is 97.8 Å². The van der Waals surface area contributed by atoms with E-state index in [0.29, 0.717) is 0 Å². The summed E-state index contributed by atoms with van der Waals surface area (Å²) in [6.07, 6.45) is 15.4. The Bertz CT molecular complexity index is 308. The summed E-state index contributed by atoms with van der Waals surface area (Å²) in [6.45, 7) is 0. The first kappa shape index (κ1) is 10.3. The van der Waals surface area contributed by atoms with Gasteiger partial charge in [-0.25, -0.2) is 0 Å². The first-order chi connectivity index (χ1) is 7.42. The molecule has 0 aromatic carbocycles. The first-order valence-corrected chi connectivity index (χ1v) is 12.7. The number of allylic oxidation sites excluding steroid dienone is 4. The van der Waals surface area contributed by atoms with Crippen molar-refractivity contribution in [3.8, 4) is 0 Å². The van der Waals surface area contributed by atoms with Crippen LogP contribution in [-0.4, -0.2) is 12.3 Å². The second-order valence-electron chi connectivity index (χ2n) is 4.37. The van der Waals surface area contributed by atoms with E-state index in [1.165, 1.54) is 12.8 Å². The molecule has 84 valence electrons. The molecule has 0 N–H and O–H groups in total. The van der Waals surface area contributed by atoms with Gasteiger partial charge in [0.25, 0.3) is 0 Å². The van der Waals surface area contributed by atoms with Gasteiger partial charge in [-0.05, 0) is 0 Å². The summed E-state index contributed by atoms with van der Waals surface area (Å²) >= 11 is 0. The number of hydrogen-bond acceptors (Lipinski definition) is 0. The molecule has 3 rings (SSSR count). The van der Waals surface area contributed by atoms with Crippen LogP contribution in [0.2, 0.25) is 0 Å². The molecule has 0 saturated carbocycles. The van der Waals surface area contributed by atoms with Crippen molar-refractivity contribution in [2.24, 2.45) is 0 Å². The molecule has 3 heteroatoms. The fourth-order valence-electron chi connectivity index (χ4n) is 2.81. The SMILES string of the molecule is C1=C[SH]([PH]2([SH]3C=CC=C3)CCCC2)C=C1. The number of thiol groups is 2. The Balaban J connectivity index is 1.94. The molecule has 0 radical (unpaired) electrons. The fraction of sp³-hybridized carbons (Fsp3) is 0.333. The molecule has 0 aromatic rings. The van der Waals surface area contributed by atoms with Gasteiger partial charge in [0.15, 0.2) is 0 Å². The van der Waals surface area contributed by atoms with Gasteiger partial charge in [-0.15, -0.1) is 0 Å². The van der Waals surface area contributed by atoms with Crippen LogP contribution in [0.25, 0.3) is 0 Å². The second kappa shape index (κ2) is 4.16. The van der Waals surface area contributed by atoms with Crippen LogP contribution in [0.15, 0.2) is 45.9 Å². The molecule has 1 saturated heterocycles. The molecule has 0 aliphatic carbocycles. The van der Waals surface area contributed by atoms with Crippen molar-refractivity contribution in [2.75, 3.05) is 12.3 Å². The molecule has 0 bridgehead atoms. The Kier molecular flexibility index (Phi) is 2.84. The Morgan fingerprint density at radius 3 is 1.47 bits per heavy atom. The molecule has 3 aliphatic rings. The van der Waals surface area contributed by atoms with Gasteiger partial charge in [0.1, 0.15) is 0 Å². The Labute approximate surface area is 97.7 Å². The predicted molar refractivity (Wildman–Crippen MR) is 81.8 cm³/mol. The molecule has 0 nitrogen and oxygen atoms in total. The molecular weight excluding hydrogens is 239 g/mol. The van der Waals surface area contributed by atoms with Crippen LogP contribution in [0.3, 0.4) is 0 Å². The topological polar surface area (TPSA) is 0 Å². The van der Waals surface area contributed by atoms with Crippen molar-refractivity contribution >= 4 is 26.7 Å². The minimum absolute atomic E-state index is 0.163. The van der Waals surface area contributed by atoms with Gasteiger partial charge < -0.3 is 0 Å². The van der Waals surface area contributed by atoms with Crippen molar-refractivity contribution in [1.29, 1.82) is 0 Å². The van der Waals surface area contributed by atoms with E-state index in [4.69, 9.17) is 0 Å².